The van der Waals surface area contributed by atoms with Crippen molar-refractivity contribution in [3.05, 3.63) is 10.9 Å². The summed E-state index contributed by atoms with van der Waals surface area (Å²) < 4.78 is 4.81. The number of hydrogen-bond acceptors (Lipinski definition) is 8. The molecule has 3 heterocycles. The van der Waals surface area contributed by atoms with Crippen LogP contribution in [0.25, 0.3) is 0 Å². The van der Waals surface area contributed by atoms with Gasteiger partial charge < -0.3 is 15.3 Å². The van der Waals surface area contributed by atoms with E-state index in [1.165, 1.54) is 16.4 Å². The lowest BCUT2D eigenvalue weighted by molar-refractivity contribution is -0.169. The number of amides is 2. The van der Waals surface area contributed by atoms with Gasteiger partial charge in [-0.15, -0.1) is 16.4 Å². The summed E-state index contributed by atoms with van der Waals surface area (Å²) in [6.45, 7) is 1.90. The van der Waals surface area contributed by atoms with Gasteiger partial charge in [0.15, 0.2) is 5.75 Å². The van der Waals surface area contributed by atoms with E-state index in [0.29, 0.717) is 23.7 Å². The monoisotopic (exact) mass is 339 g/mol. The number of rotatable bonds is 4. The van der Waals surface area contributed by atoms with Gasteiger partial charge in [0.05, 0.1) is 18.2 Å². The summed E-state index contributed by atoms with van der Waals surface area (Å²) in [6, 6.07) is -0.612. The number of likely N-dealkylation sites (tertiary alicyclic amines) is 1. The molecule has 1 fully saturated rings. The van der Waals surface area contributed by atoms with Crippen molar-refractivity contribution >= 4 is 34.1 Å². The number of carbonyl (C=O) groups is 3. The van der Waals surface area contributed by atoms with Gasteiger partial charge in [-0.2, -0.15) is 0 Å². The first-order valence-corrected chi connectivity index (χ1v) is 8.19. The quantitative estimate of drug-likeness (QED) is 0.630. The predicted octanol–water partition coefficient (Wildman–Crippen LogP) is 0.520. The van der Waals surface area contributed by atoms with Gasteiger partial charge in [-0.1, -0.05) is 0 Å². The van der Waals surface area contributed by atoms with Crippen LogP contribution in [-0.4, -0.2) is 46.9 Å². The summed E-state index contributed by atoms with van der Waals surface area (Å²) in [6.07, 6.45) is 0.530. The van der Waals surface area contributed by atoms with E-state index in [4.69, 9.17) is 15.3 Å². The van der Waals surface area contributed by atoms with E-state index in [0.717, 1.165) is 10.5 Å². The Kier molecular flexibility index (Phi) is 4.22. The SMILES string of the molecule is CCOC(=O)CN1C(=O)CCC(N2Cc3c(csc3N)O2)C1=O. The number of imide groups is 1. The summed E-state index contributed by atoms with van der Waals surface area (Å²) in [5, 5.41) is 3.98. The van der Waals surface area contributed by atoms with Crippen LogP contribution in [0.2, 0.25) is 0 Å². The molecular weight excluding hydrogens is 322 g/mol. The second-order valence-corrected chi connectivity index (χ2v) is 6.20. The topological polar surface area (TPSA) is 102 Å². The molecule has 0 saturated carbocycles. The van der Waals surface area contributed by atoms with E-state index < -0.39 is 17.9 Å². The van der Waals surface area contributed by atoms with Crippen LogP contribution in [0, 0.1) is 0 Å². The van der Waals surface area contributed by atoms with Gasteiger partial charge in [-0.25, -0.2) is 0 Å². The molecule has 1 aromatic rings. The van der Waals surface area contributed by atoms with E-state index in [-0.39, 0.29) is 25.5 Å². The highest BCUT2D eigenvalue weighted by molar-refractivity contribution is 7.14. The predicted molar refractivity (Wildman–Crippen MR) is 81.3 cm³/mol. The third-order valence-corrected chi connectivity index (χ3v) is 4.67. The van der Waals surface area contributed by atoms with Crippen molar-refractivity contribution in [2.75, 3.05) is 18.9 Å². The largest absolute Gasteiger partial charge is 0.465 e. The summed E-state index contributed by atoms with van der Waals surface area (Å²) in [4.78, 5) is 42.7. The molecule has 8 nitrogen and oxygen atoms in total. The average molecular weight is 339 g/mol. The summed E-state index contributed by atoms with van der Waals surface area (Å²) >= 11 is 1.39. The summed E-state index contributed by atoms with van der Waals surface area (Å²) in [5.41, 5.74) is 6.73. The number of hydrogen-bond donors (Lipinski definition) is 1. The van der Waals surface area contributed by atoms with Gasteiger partial charge in [0.2, 0.25) is 5.91 Å². The number of hydroxylamine groups is 2. The maximum absolute atomic E-state index is 12.6. The van der Waals surface area contributed by atoms with Gasteiger partial charge in [0.1, 0.15) is 12.6 Å². The third-order valence-electron chi connectivity index (χ3n) is 3.84. The Morgan fingerprint density at radius 3 is 3.00 bits per heavy atom. The number of anilines is 1. The van der Waals surface area contributed by atoms with Crippen molar-refractivity contribution in [2.45, 2.75) is 32.4 Å². The fourth-order valence-electron chi connectivity index (χ4n) is 2.69. The van der Waals surface area contributed by atoms with Crippen LogP contribution in [-0.2, 0) is 25.7 Å². The molecule has 0 radical (unpaired) electrons. The summed E-state index contributed by atoms with van der Waals surface area (Å²) in [5.74, 6) is -0.761. The molecule has 0 spiro atoms. The second-order valence-electron chi connectivity index (χ2n) is 5.29. The molecule has 0 aliphatic carbocycles. The van der Waals surface area contributed by atoms with E-state index in [2.05, 4.69) is 0 Å². The average Bonchev–Trinajstić information content (AvgIpc) is 3.06. The fraction of sp³-hybridized carbons (Fsp3) is 0.500. The highest BCUT2D eigenvalue weighted by Crippen LogP contribution is 2.39. The Hall–Kier alpha value is -2.13. The molecule has 124 valence electrons. The van der Waals surface area contributed by atoms with Crippen LogP contribution in [0.1, 0.15) is 25.3 Å². The molecule has 2 amide bonds. The van der Waals surface area contributed by atoms with E-state index in [1.54, 1.807) is 12.3 Å². The zero-order chi connectivity index (χ0) is 16.6. The van der Waals surface area contributed by atoms with Gasteiger partial charge >= 0.3 is 5.97 Å². The Morgan fingerprint density at radius 1 is 1.52 bits per heavy atom. The minimum atomic E-state index is -0.612. The molecule has 0 aromatic carbocycles. The maximum Gasteiger partial charge on any atom is 0.326 e. The van der Waals surface area contributed by atoms with Crippen LogP contribution >= 0.6 is 11.3 Å². The number of nitrogens with zero attached hydrogens (tertiary/aromatic N) is 2. The lowest BCUT2D eigenvalue weighted by Crippen LogP contribution is -2.55. The fourth-order valence-corrected chi connectivity index (χ4v) is 3.42. The van der Waals surface area contributed by atoms with E-state index in [9.17, 15) is 14.4 Å². The van der Waals surface area contributed by atoms with Gasteiger partial charge in [0, 0.05) is 17.4 Å². The highest BCUT2D eigenvalue weighted by atomic mass is 32.1. The van der Waals surface area contributed by atoms with Crippen LogP contribution in [0.15, 0.2) is 5.38 Å². The minimum absolute atomic E-state index is 0.179. The molecule has 2 aliphatic rings. The molecule has 0 bridgehead atoms. The molecule has 1 unspecified atom stereocenters. The van der Waals surface area contributed by atoms with Gasteiger partial charge in [-0.05, 0) is 13.3 Å². The van der Waals surface area contributed by atoms with Crippen LogP contribution in [0.3, 0.4) is 0 Å². The Bertz CT molecular complexity index is 659. The number of piperidine rings is 1. The molecule has 1 saturated heterocycles. The molecule has 2 N–H and O–H groups in total. The van der Waals surface area contributed by atoms with E-state index >= 15 is 0 Å². The first kappa shape index (κ1) is 15.8. The first-order chi connectivity index (χ1) is 11.0. The molecule has 1 aromatic heterocycles. The van der Waals surface area contributed by atoms with Crippen molar-refractivity contribution in [3.8, 4) is 5.75 Å². The molecule has 1 atom stereocenters. The smallest absolute Gasteiger partial charge is 0.326 e. The minimum Gasteiger partial charge on any atom is -0.465 e. The molecule has 3 rings (SSSR count). The van der Waals surface area contributed by atoms with Crippen molar-refractivity contribution < 1.29 is 24.0 Å². The second kappa shape index (κ2) is 6.17. The molecule has 2 aliphatic heterocycles. The number of esters is 1. The van der Waals surface area contributed by atoms with Gasteiger partial charge in [0.25, 0.3) is 5.91 Å². The number of ether oxygens (including phenoxy) is 1. The Balaban J connectivity index is 1.71. The first-order valence-electron chi connectivity index (χ1n) is 7.31. The zero-order valence-corrected chi connectivity index (χ0v) is 13.4. The van der Waals surface area contributed by atoms with Crippen LogP contribution in [0.5, 0.6) is 5.75 Å². The van der Waals surface area contributed by atoms with Crippen molar-refractivity contribution in [3.63, 3.8) is 0 Å². The Morgan fingerprint density at radius 2 is 2.30 bits per heavy atom. The normalized spacial score (nSPS) is 21.3. The third kappa shape index (κ3) is 2.89. The van der Waals surface area contributed by atoms with Crippen molar-refractivity contribution in [1.29, 1.82) is 0 Å². The molecule has 9 heteroatoms. The van der Waals surface area contributed by atoms with E-state index in [1.807, 2.05) is 0 Å². The molecular formula is C14H17N3O5S. The number of fused-ring (bicyclic) bond motifs is 1. The standard InChI is InChI=1S/C14H17N3O5S/c1-2-21-12(19)6-16-11(18)4-3-9(14(16)20)17-5-8-10(22-17)7-23-13(8)15/h7,9H,2-6,15H2,1H3. The number of nitrogen functional groups attached to an aromatic ring is 1. The van der Waals surface area contributed by atoms with Crippen molar-refractivity contribution in [1.82, 2.24) is 9.96 Å². The zero-order valence-electron chi connectivity index (χ0n) is 12.6. The van der Waals surface area contributed by atoms with Crippen molar-refractivity contribution in [2.24, 2.45) is 0 Å². The lowest BCUT2D eigenvalue weighted by Gasteiger charge is -2.33. The lowest BCUT2D eigenvalue weighted by atomic mass is 10.0. The number of nitrogens with two attached hydrogens (primary N) is 1. The summed E-state index contributed by atoms with van der Waals surface area (Å²) in [7, 11) is 0. The Labute approximate surface area is 136 Å². The number of carbonyl (C=O) groups excluding carboxylic acids is 3. The van der Waals surface area contributed by atoms with Crippen LogP contribution in [0.4, 0.5) is 5.00 Å². The highest BCUT2D eigenvalue weighted by Gasteiger charge is 2.42. The number of thiophene rings is 1. The molecule has 23 heavy (non-hydrogen) atoms. The van der Waals surface area contributed by atoms with Crippen LogP contribution < -0.4 is 10.6 Å². The maximum atomic E-state index is 12.6. The van der Waals surface area contributed by atoms with Gasteiger partial charge in [-0.3, -0.25) is 19.3 Å².